The van der Waals surface area contributed by atoms with Crippen LogP contribution in [0.2, 0.25) is 0 Å². The molecule has 0 aromatic heterocycles. The molecule has 5 heteroatoms. The number of ether oxygens (including phenoxy) is 2. The first-order valence-corrected chi connectivity index (χ1v) is 5.72. The number of benzene rings is 1. The molecule has 4 nitrogen and oxygen atoms in total. The summed E-state index contributed by atoms with van der Waals surface area (Å²) in [5, 5.41) is 3.95. The third kappa shape index (κ3) is 3.13. The molecule has 0 aliphatic rings. The van der Waals surface area contributed by atoms with E-state index >= 15 is 0 Å². The number of hydrogen-bond donors (Lipinski definition) is 1. The van der Waals surface area contributed by atoms with Gasteiger partial charge >= 0.3 is 0 Å². The van der Waals surface area contributed by atoms with Crippen LogP contribution in [0.5, 0.6) is 11.5 Å². The van der Waals surface area contributed by atoms with Crippen molar-refractivity contribution in [1.29, 1.82) is 0 Å². The van der Waals surface area contributed by atoms with Gasteiger partial charge in [0.25, 0.3) is 0 Å². The molecule has 1 N–H and O–H groups in total. The van der Waals surface area contributed by atoms with E-state index in [0.717, 1.165) is 10.0 Å². The molecule has 0 saturated heterocycles. The Morgan fingerprint density at radius 2 is 2.25 bits per heavy atom. The van der Waals surface area contributed by atoms with Gasteiger partial charge in [0.05, 0.1) is 24.4 Å². The molecule has 0 aliphatic carbocycles. The molecule has 1 aromatic carbocycles. The average Bonchev–Trinajstić information content (AvgIpc) is 2.26. The summed E-state index contributed by atoms with van der Waals surface area (Å²) < 4.78 is 11.6. The largest absolute Gasteiger partial charge is 0.492 e. The zero-order valence-corrected chi connectivity index (χ0v) is 11.2. The number of hydrogen-bond acceptors (Lipinski definition) is 4. The summed E-state index contributed by atoms with van der Waals surface area (Å²) >= 11 is 3.43. The van der Waals surface area contributed by atoms with Crippen molar-refractivity contribution >= 4 is 22.1 Å². The molecule has 0 unspecified atom stereocenters. The molecule has 0 heterocycles. The van der Waals surface area contributed by atoms with Crippen LogP contribution in [-0.4, -0.2) is 27.0 Å². The quantitative estimate of drug-likeness (QED) is 0.668. The Bertz CT molecular complexity index is 380. The molecular formula is C11H15BrN2O2. The molecule has 0 atom stereocenters. The summed E-state index contributed by atoms with van der Waals surface area (Å²) in [6.07, 6.45) is 1.72. The fourth-order valence-corrected chi connectivity index (χ4v) is 1.88. The van der Waals surface area contributed by atoms with Crippen LogP contribution in [0.1, 0.15) is 12.5 Å². The molecule has 1 aromatic rings. The first-order chi connectivity index (χ1) is 7.72. The van der Waals surface area contributed by atoms with E-state index in [0.29, 0.717) is 18.1 Å². The van der Waals surface area contributed by atoms with Gasteiger partial charge in [-0.25, -0.2) is 0 Å². The minimum Gasteiger partial charge on any atom is -0.492 e. The van der Waals surface area contributed by atoms with Crippen LogP contribution in [0, 0.1) is 0 Å². The second-order valence-corrected chi connectivity index (χ2v) is 3.80. The van der Waals surface area contributed by atoms with E-state index in [-0.39, 0.29) is 0 Å². The molecule has 0 saturated carbocycles. The van der Waals surface area contributed by atoms with Gasteiger partial charge in [0, 0.05) is 7.05 Å². The van der Waals surface area contributed by atoms with Crippen molar-refractivity contribution < 1.29 is 9.47 Å². The molecule has 0 spiro atoms. The fraction of sp³-hybridized carbons (Fsp3) is 0.364. The number of halogens is 1. The number of hydrazone groups is 1. The Morgan fingerprint density at radius 3 is 2.81 bits per heavy atom. The van der Waals surface area contributed by atoms with Gasteiger partial charge in [0.1, 0.15) is 0 Å². The van der Waals surface area contributed by atoms with Crippen molar-refractivity contribution in [2.24, 2.45) is 5.10 Å². The molecule has 16 heavy (non-hydrogen) atoms. The highest BCUT2D eigenvalue weighted by molar-refractivity contribution is 9.10. The lowest BCUT2D eigenvalue weighted by Crippen LogP contribution is -1.99. The van der Waals surface area contributed by atoms with Crippen molar-refractivity contribution in [2.75, 3.05) is 20.8 Å². The van der Waals surface area contributed by atoms with Crippen molar-refractivity contribution in [3.63, 3.8) is 0 Å². The zero-order valence-electron chi connectivity index (χ0n) is 9.58. The van der Waals surface area contributed by atoms with Gasteiger partial charge < -0.3 is 14.9 Å². The lowest BCUT2D eigenvalue weighted by atomic mass is 10.2. The van der Waals surface area contributed by atoms with E-state index in [1.54, 1.807) is 20.4 Å². The highest BCUT2D eigenvalue weighted by atomic mass is 79.9. The lowest BCUT2D eigenvalue weighted by molar-refractivity contribution is 0.310. The van der Waals surface area contributed by atoms with Crippen LogP contribution in [0.3, 0.4) is 0 Å². The summed E-state index contributed by atoms with van der Waals surface area (Å²) in [5.41, 5.74) is 3.63. The molecule has 0 radical (unpaired) electrons. The Morgan fingerprint density at radius 1 is 1.50 bits per heavy atom. The van der Waals surface area contributed by atoms with E-state index < -0.39 is 0 Å². The van der Waals surface area contributed by atoms with Crippen LogP contribution < -0.4 is 14.9 Å². The molecular weight excluding hydrogens is 272 g/mol. The number of nitrogens with zero attached hydrogens (tertiary/aromatic N) is 1. The van der Waals surface area contributed by atoms with Gasteiger partial charge in [-0.15, -0.1) is 0 Å². The average molecular weight is 287 g/mol. The van der Waals surface area contributed by atoms with Crippen molar-refractivity contribution in [2.45, 2.75) is 6.92 Å². The smallest absolute Gasteiger partial charge is 0.174 e. The number of nitrogens with one attached hydrogen (secondary N) is 1. The summed E-state index contributed by atoms with van der Waals surface area (Å²) in [5.74, 6) is 1.40. The SMILES string of the molecule is CCOc1cc(/C=N/NC)cc(Br)c1OC. The van der Waals surface area contributed by atoms with Crippen LogP contribution in [0.15, 0.2) is 21.7 Å². The number of methoxy groups -OCH3 is 1. The maximum Gasteiger partial charge on any atom is 0.174 e. The van der Waals surface area contributed by atoms with E-state index in [1.807, 2.05) is 19.1 Å². The van der Waals surface area contributed by atoms with Gasteiger partial charge in [-0.05, 0) is 40.5 Å². The second kappa shape index (κ2) is 6.37. The standard InChI is InChI=1S/C11H15BrN2O2/c1-4-16-10-6-8(7-14-13-2)5-9(12)11(10)15-3/h5-7,13H,4H2,1-3H3/b14-7+. The second-order valence-electron chi connectivity index (χ2n) is 2.95. The van der Waals surface area contributed by atoms with Crippen LogP contribution in [0.25, 0.3) is 0 Å². The van der Waals surface area contributed by atoms with E-state index in [4.69, 9.17) is 9.47 Å². The third-order valence-electron chi connectivity index (χ3n) is 1.88. The zero-order chi connectivity index (χ0) is 12.0. The summed E-state index contributed by atoms with van der Waals surface area (Å²) in [6.45, 7) is 2.52. The molecule has 0 aliphatic heterocycles. The normalized spacial score (nSPS) is 10.5. The van der Waals surface area contributed by atoms with Crippen LogP contribution in [-0.2, 0) is 0 Å². The van der Waals surface area contributed by atoms with Gasteiger partial charge in [-0.2, -0.15) is 5.10 Å². The van der Waals surface area contributed by atoms with Crippen molar-refractivity contribution in [3.8, 4) is 11.5 Å². The molecule has 88 valence electrons. The molecule has 0 amide bonds. The Labute approximate surface area is 104 Å². The molecule has 0 bridgehead atoms. The maximum absolute atomic E-state index is 5.49. The summed E-state index contributed by atoms with van der Waals surface area (Å²) in [6, 6.07) is 3.80. The molecule has 0 fully saturated rings. The maximum atomic E-state index is 5.49. The Balaban J connectivity index is 3.11. The van der Waals surface area contributed by atoms with Gasteiger partial charge in [-0.1, -0.05) is 0 Å². The van der Waals surface area contributed by atoms with E-state index in [1.165, 1.54) is 0 Å². The van der Waals surface area contributed by atoms with Crippen molar-refractivity contribution in [1.82, 2.24) is 5.43 Å². The van der Waals surface area contributed by atoms with Gasteiger partial charge in [-0.3, -0.25) is 0 Å². The van der Waals surface area contributed by atoms with Gasteiger partial charge in [0.2, 0.25) is 0 Å². The predicted octanol–water partition coefficient (Wildman–Crippen LogP) is 2.41. The summed E-state index contributed by atoms with van der Waals surface area (Å²) in [7, 11) is 3.36. The fourth-order valence-electron chi connectivity index (χ4n) is 1.26. The Kier molecular flexibility index (Phi) is 5.11. The van der Waals surface area contributed by atoms with Crippen LogP contribution in [0.4, 0.5) is 0 Å². The minimum absolute atomic E-state index is 0.593. The van der Waals surface area contributed by atoms with E-state index in [9.17, 15) is 0 Å². The first-order valence-electron chi connectivity index (χ1n) is 4.93. The minimum atomic E-state index is 0.593. The lowest BCUT2D eigenvalue weighted by Gasteiger charge is -2.11. The number of rotatable bonds is 5. The third-order valence-corrected chi connectivity index (χ3v) is 2.47. The monoisotopic (exact) mass is 286 g/mol. The molecule has 1 rings (SSSR count). The summed E-state index contributed by atoms with van der Waals surface area (Å²) in [4.78, 5) is 0. The topological polar surface area (TPSA) is 42.8 Å². The Hall–Kier alpha value is -1.23. The highest BCUT2D eigenvalue weighted by Crippen LogP contribution is 2.36. The van der Waals surface area contributed by atoms with Gasteiger partial charge in [0.15, 0.2) is 11.5 Å². The van der Waals surface area contributed by atoms with Crippen molar-refractivity contribution in [3.05, 3.63) is 22.2 Å². The highest BCUT2D eigenvalue weighted by Gasteiger charge is 2.10. The van der Waals surface area contributed by atoms with Crippen LogP contribution >= 0.6 is 15.9 Å². The first kappa shape index (κ1) is 12.8. The van der Waals surface area contributed by atoms with E-state index in [2.05, 4.69) is 26.5 Å². The predicted molar refractivity (Wildman–Crippen MR) is 68.5 cm³/mol.